The quantitative estimate of drug-likeness (QED) is 0.710. The molecule has 0 spiro atoms. The minimum absolute atomic E-state index is 0.558. The fourth-order valence-corrected chi connectivity index (χ4v) is 1.89. The molecule has 5 nitrogen and oxygen atoms in total. The molecule has 0 aliphatic rings. The molecule has 0 N–H and O–H groups in total. The highest BCUT2D eigenvalue weighted by molar-refractivity contribution is 6.30. The third-order valence-corrected chi connectivity index (χ3v) is 2.78. The van der Waals surface area contributed by atoms with Crippen molar-refractivity contribution in [2.75, 3.05) is 7.11 Å². The maximum Gasteiger partial charge on any atom is 0.186 e. The smallest absolute Gasteiger partial charge is 0.186 e. The first-order valence-electron chi connectivity index (χ1n) is 5.28. The van der Waals surface area contributed by atoms with Crippen molar-refractivity contribution in [1.29, 1.82) is 0 Å². The third-order valence-electron chi connectivity index (χ3n) is 2.54. The largest absolute Gasteiger partial charge is 0.496 e. The van der Waals surface area contributed by atoms with Crippen molar-refractivity contribution < 1.29 is 4.74 Å². The van der Waals surface area contributed by atoms with E-state index in [1.807, 2.05) is 0 Å². The van der Waals surface area contributed by atoms with E-state index in [-0.39, 0.29) is 0 Å². The first-order chi connectivity index (χ1) is 8.78. The second-order valence-electron chi connectivity index (χ2n) is 3.66. The summed E-state index contributed by atoms with van der Waals surface area (Å²) in [5.74, 6) is 1.24. The van der Waals surface area contributed by atoms with Gasteiger partial charge in [-0.2, -0.15) is 0 Å². The monoisotopic (exact) mass is 260 g/mol. The van der Waals surface area contributed by atoms with Gasteiger partial charge in [-0.05, 0) is 18.2 Å². The highest BCUT2D eigenvalue weighted by Gasteiger charge is 2.12. The molecule has 3 rings (SSSR count). The van der Waals surface area contributed by atoms with Gasteiger partial charge in [-0.3, -0.25) is 4.98 Å². The Balaban J connectivity index is 2.22. The van der Waals surface area contributed by atoms with Crippen LogP contribution in [0.15, 0.2) is 36.8 Å². The number of rotatable bonds is 2. The van der Waals surface area contributed by atoms with E-state index < -0.39 is 0 Å². The van der Waals surface area contributed by atoms with Crippen LogP contribution in [-0.4, -0.2) is 26.7 Å². The molecule has 0 bridgehead atoms. The summed E-state index contributed by atoms with van der Waals surface area (Å²) in [5, 5.41) is 4.97. The first kappa shape index (κ1) is 11.0. The van der Waals surface area contributed by atoms with E-state index in [0.717, 1.165) is 5.56 Å². The molecule has 2 aromatic heterocycles. The Hall–Kier alpha value is -2.14. The van der Waals surface area contributed by atoms with E-state index in [1.165, 1.54) is 0 Å². The van der Waals surface area contributed by atoms with Gasteiger partial charge in [0.05, 0.1) is 18.9 Å². The van der Waals surface area contributed by atoms with Gasteiger partial charge in [-0.15, -0.1) is 5.10 Å². The standard InChI is InChI=1S/C12H9ClN4O/c1-18-10-3-2-8(13)6-9(10)12-15-11-7-14-4-5-17(11)16-12/h2-7H,1H3. The van der Waals surface area contributed by atoms with Crippen molar-refractivity contribution in [2.45, 2.75) is 0 Å². The van der Waals surface area contributed by atoms with Gasteiger partial charge in [-0.1, -0.05) is 11.6 Å². The van der Waals surface area contributed by atoms with E-state index in [4.69, 9.17) is 16.3 Å². The van der Waals surface area contributed by atoms with E-state index in [0.29, 0.717) is 22.2 Å². The molecular formula is C12H9ClN4O. The highest BCUT2D eigenvalue weighted by atomic mass is 35.5. The lowest BCUT2D eigenvalue weighted by Crippen LogP contribution is -1.90. The Bertz CT molecular complexity index is 677. The molecular weight excluding hydrogens is 252 g/mol. The maximum absolute atomic E-state index is 5.99. The third kappa shape index (κ3) is 1.78. The van der Waals surface area contributed by atoms with Gasteiger partial charge in [0.1, 0.15) is 5.75 Å². The van der Waals surface area contributed by atoms with E-state index >= 15 is 0 Å². The summed E-state index contributed by atoms with van der Waals surface area (Å²) < 4.78 is 6.94. The SMILES string of the molecule is COc1ccc(Cl)cc1-c1nc2cnccn2n1. The van der Waals surface area contributed by atoms with Crippen LogP contribution in [0.4, 0.5) is 0 Å². The molecule has 18 heavy (non-hydrogen) atoms. The normalized spacial score (nSPS) is 10.8. The van der Waals surface area contributed by atoms with Crippen LogP contribution in [-0.2, 0) is 0 Å². The van der Waals surface area contributed by atoms with Crippen molar-refractivity contribution in [3.8, 4) is 17.1 Å². The predicted octanol–water partition coefficient (Wildman–Crippen LogP) is 2.45. The van der Waals surface area contributed by atoms with Crippen LogP contribution in [0.5, 0.6) is 5.75 Å². The van der Waals surface area contributed by atoms with Crippen molar-refractivity contribution in [1.82, 2.24) is 19.6 Å². The van der Waals surface area contributed by atoms with Crippen LogP contribution in [0.1, 0.15) is 0 Å². The minimum Gasteiger partial charge on any atom is -0.496 e. The number of halogens is 1. The zero-order valence-electron chi connectivity index (χ0n) is 9.54. The van der Waals surface area contributed by atoms with Gasteiger partial charge in [0.25, 0.3) is 0 Å². The average molecular weight is 261 g/mol. The van der Waals surface area contributed by atoms with Gasteiger partial charge in [0.15, 0.2) is 11.5 Å². The van der Waals surface area contributed by atoms with Gasteiger partial charge >= 0.3 is 0 Å². The van der Waals surface area contributed by atoms with Crippen molar-refractivity contribution in [3.63, 3.8) is 0 Å². The summed E-state index contributed by atoms with van der Waals surface area (Å²) in [6.45, 7) is 0. The predicted molar refractivity (Wildman–Crippen MR) is 67.8 cm³/mol. The molecule has 0 aliphatic heterocycles. The molecule has 0 aliphatic carbocycles. The lowest BCUT2D eigenvalue weighted by atomic mass is 10.2. The Kier molecular flexibility index (Phi) is 2.60. The fourth-order valence-electron chi connectivity index (χ4n) is 1.71. The van der Waals surface area contributed by atoms with Crippen molar-refractivity contribution in [3.05, 3.63) is 41.8 Å². The summed E-state index contributed by atoms with van der Waals surface area (Å²) in [6, 6.07) is 5.34. The summed E-state index contributed by atoms with van der Waals surface area (Å²) in [5.41, 5.74) is 1.43. The van der Waals surface area contributed by atoms with Crippen LogP contribution >= 0.6 is 11.6 Å². The zero-order chi connectivity index (χ0) is 12.5. The molecule has 0 unspecified atom stereocenters. The van der Waals surface area contributed by atoms with Crippen LogP contribution in [0.25, 0.3) is 17.0 Å². The molecule has 6 heteroatoms. The molecule has 0 saturated heterocycles. The number of nitrogens with zero attached hydrogens (tertiary/aromatic N) is 4. The molecule has 1 aromatic carbocycles. The number of hydrogen-bond acceptors (Lipinski definition) is 4. The lowest BCUT2D eigenvalue weighted by Gasteiger charge is -2.04. The van der Waals surface area contributed by atoms with Crippen LogP contribution in [0.3, 0.4) is 0 Å². The van der Waals surface area contributed by atoms with E-state index in [9.17, 15) is 0 Å². The summed E-state index contributed by atoms with van der Waals surface area (Å²) in [4.78, 5) is 8.38. The highest BCUT2D eigenvalue weighted by Crippen LogP contribution is 2.30. The number of fused-ring (bicyclic) bond motifs is 1. The van der Waals surface area contributed by atoms with E-state index in [1.54, 1.807) is 48.4 Å². The number of aromatic nitrogens is 4. The summed E-state index contributed by atoms with van der Waals surface area (Å²) in [7, 11) is 1.60. The van der Waals surface area contributed by atoms with Gasteiger partial charge in [0.2, 0.25) is 0 Å². The number of methoxy groups -OCH3 is 1. The maximum atomic E-state index is 5.99. The van der Waals surface area contributed by atoms with Crippen LogP contribution < -0.4 is 4.74 Å². The average Bonchev–Trinajstić information content (AvgIpc) is 2.82. The van der Waals surface area contributed by atoms with Gasteiger partial charge in [0, 0.05) is 17.4 Å². The molecule has 3 aromatic rings. The topological polar surface area (TPSA) is 52.3 Å². The Morgan fingerprint density at radius 2 is 2.22 bits per heavy atom. The Morgan fingerprint density at radius 1 is 1.33 bits per heavy atom. The number of ether oxygens (including phenoxy) is 1. The first-order valence-corrected chi connectivity index (χ1v) is 5.66. The second kappa shape index (κ2) is 4.27. The lowest BCUT2D eigenvalue weighted by molar-refractivity contribution is 0.416. The molecule has 0 saturated carbocycles. The number of benzene rings is 1. The molecule has 90 valence electrons. The van der Waals surface area contributed by atoms with Crippen molar-refractivity contribution >= 4 is 17.2 Å². The molecule has 0 amide bonds. The Labute approximate surface area is 108 Å². The van der Waals surface area contributed by atoms with Crippen LogP contribution in [0.2, 0.25) is 5.02 Å². The fraction of sp³-hybridized carbons (Fsp3) is 0.0833. The van der Waals surface area contributed by atoms with Gasteiger partial charge < -0.3 is 4.74 Å². The minimum atomic E-state index is 0.558. The molecule has 0 atom stereocenters. The Morgan fingerprint density at radius 3 is 3.00 bits per heavy atom. The molecule has 0 fully saturated rings. The second-order valence-corrected chi connectivity index (χ2v) is 4.10. The van der Waals surface area contributed by atoms with E-state index in [2.05, 4.69) is 15.1 Å². The summed E-state index contributed by atoms with van der Waals surface area (Å²) in [6.07, 6.45) is 5.04. The molecule has 2 heterocycles. The molecule has 0 radical (unpaired) electrons. The summed E-state index contributed by atoms with van der Waals surface area (Å²) >= 11 is 5.99. The van der Waals surface area contributed by atoms with Crippen LogP contribution in [0, 0.1) is 0 Å². The van der Waals surface area contributed by atoms with Crippen molar-refractivity contribution in [2.24, 2.45) is 0 Å². The number of hydrogen-bond donors (Lipinski definition) is 0. The zero-order valence-corrected chi connectivity index (χ0v) is 10.3. The van der Waals surface area contributed by atoms with Gasteiger partial charge in [-0.25, -0.2) is 9.50 Å².